The van der Waals surface area contributed by atoms with Crippen LogP contribution in [0, 0.1) is 6.92 Å². The van der Waals surface area contributed by atoms with Crippen LogP contribution in [-0.2, 0) is 6.54 Å². The number of pyridine rings is 1. The van der Waals surface area contributed by atoms with Crippen molar-refractivity contribution in [2.75, 3.05) is 0 Å². The molecule has 1 aromatic carbocycles. The van der Waals surface area contributed by atoms with Gasteiger partial charge >= 0.3 is 0 Å². The zero-order valence-corrected chi connectivity index (χ0v) is 14.5. The molecule has 0 amide bonds. The predicted molar refractivity (Wildman–Crippen MR) is 98.8 cm³/mol. The fourth-order valence-electron chi connectivity index (χ4n) is 3.10. The first-order valence-corrected chi connectivity index (χ1v) is 8.52. The van der Waals surface area contributed by atoms with Gasteiger partial charge in [-0.15, -0.1) is 0 Å². The highest BCUT2D eigenvalue weighted by molar-refractivity contribution is 5.92. The Bertz CT molecular complexity index is 1230. The number of fused-ring (bicyclic) bond motifs is 1. The first-order chi connectivity index (χ1) is 13.3. The highest BCUT2D eigenvalue weighted by Gasteiger charge is 2.10. The minimum Gasteiger partial charge on any atom is -0.464 e. The maximum absolute atomic E-state index is 5.48. The Labute approximate surface area is 154 Å². The maximum atomic E-state index is 5.48. The molecule has 5 aromatic rings. The lowest BCUT2D eigenvalue weighted by atomic mass is 10.0. The van der Waals surface area contributed by atoms with E-state index in [-0.39, 0.29) is 0 Å². The van der Waals surface area contributed by atoms with Crippen molar-refractivity contribution in [1.82, 2.24) is 24.9 Å². The van der Waals surface area contributed by atoms with Crippen molar-refractivity contribution in [1.29, 1.82) is 0 Å². The number of furan rings is 1. The van der Waals surface area contributed by atoms with Gasteiger partial charge in [0.2, 0.25) is 5.89 Å². The van der Waals surface area contributed by atoms with Crippen molar-refractivity contribution in [2.24, 2.45) is 0 Å². The third-order valence-electron chi connectivity index (χ3n) is 4.33. The van der Waals surface area contributed by atoms with E-state index in [2.05, 4.69) is 26.3 Å². The normalized spacial score (nSPS) is 11.3. The first-order valence-electron chi connectivity index (χ1n) is 8.52. The van der Waals surface area contributed by atoms with Crippen molar-refractivity contribution in [3.8, 4) is 22.5 Å². The number of aryl methyl sites for hydroxylation is 1. The van der Waals surface area contributed by atoms with Gasteiger partial charge in [0.15, 0.2) is 5.82 Å². The Morgan fingerprint density at radius 3 is 2.89 bits per heavy atom. The predicted octanol–water partition coefficient (Wildman–Crippen LogP) is 4.10. The second kappa shape index (κ2) is 6.21. The number of aromatic nitrogens is 5. The van der Waals surface area contributed by atoms with Gasteiger partial charge in [-0.3, -0.25) is 9.67 Å². The van der Waals surface area contributed by atoms with Gasteiger partial charge < -0.3 is 8.94 Å². The topological polar surface area (TPSA) is 82.8 Å². The van der Waals surface area contributed by atoms with E-state index in [4.69, 9.17) is 8.94 Å². The Kier molecular flexibility index (Phi) is 3.57. The molecule has 0 fully saturated rings. The van der Waals surface area contributed by atoms with Crippen LogP contribution >= 0.6 is 0 Å². The Balaban J connectivity index is 1.48. The van der Waals surface area contributed by atoms with Crippen molar-refractivity contribution < 1.29 is 8.94 Å². The molecule has 7 heteroatoms. The molecule has 5 rings (SSSR count). The number of hydrogen-bond donors (Lipinski definition) is 0. The highest BCUT2D eigenvalue weighted by atomic mass is 16.5. The molecule has 0 aliphatic carbocycles. The van der Waals surface area contributed by atoms with Gasteiger partial charge in [0.25, 0.3) is 0 Å². The van der Waals surface area contributed by atoms with E-state index in [1.807, 2.05) is 42.6 Å². The van der Waals surface area contributed by atoms with E-state index in [1.54, 1.807) is 24.1 Å². The summed E-state index contributed by atoms with van der Waals surface area (Å²) >= 11 is 0. The molecular weight excluding hydrogens is 342 g/mol. The molecule has 0 bridgehead atoms. The molecule has 0 N–H and O–H groups in total. The Morgan fingerprint density at radius 2 is 2.00 bits per heavy atom. The summed E-state index contributed by atoms with van der Waals surface area (Å²) in [5.74, 6) is 1.15. The van der Waals surface area contributed by atoms with Gasteiger partial charge in [0, 0.05) is 35.8 Å². The number of benzene rings is 1. The molecule has 0 saturated carbocycles. The van der Waals surface area contributed by atoms with Crippen LogP contribution in [0.1, 0.15) is 11.7 Å². The summed E-state index contributed by atoms with van der Waals surface area (Å²) in [7, 11) is 0. The van der Waals surface area contributed by atoms with Gasteiger partial charge in [-0.25, -0.2) is 0 Å². The average Bonchev–Trinajstić information content (AvgIpc) is 3.43. The summed E-state index contributed by atoms with van der Waals surface area (Å²) in [6.07, 6.45) is 5.35. The van der Waals surface area contributed by atoms with Crippen LogP contribution in [0.4, 0.5) is 0 Å². The number of rotatable bonds is 4. The number of hydrogen-bond acceptors (Lipinski definition) is 6. The summed E-state index contributed by atoms with van der Waals surface area (Å²) in [4.78, 5) is 8.74. The largest absolute Gasteiger partial charge is 0.464 e. The standard InChI is InChI=1S/C20H15N5O2/c1-13-22-19(24-27-13)12-25-9-6-17(23-25)14-3-2-4-15(11-14)20-16-7-10-26-18(16)5-8-21-20/h2-11H,12H2,1H3. The van der Waals surface area contributed by atoms with Gasteiger partial charge in [0.1, 0.15) is 12.1 Å². The maximum Gasteiger partial charge on any atom is 0.223 e. The minimum atomic E-state index is 0.465. The van der Waals surface area contributed by atoms with Gasteiger partial charge in [-0.2, -0.15) is 10.1 Å². The summed E-state index contributed by atoms with van der Waals surface area (Å²) in [6.45, 7) is 2.23. The molecule has 0 saturated heterocycles. The van der Waals surface area contributed by atoms with Gasteiger partial charge in [-0.1, -0.05) is 23.4 Å². The van der Waals surface area contributed by atoms with Crippen LogP contribution in [0.25, 0.3) is 33.5 Å². The fraction of sp³-hybridized carbons (Fsp3) is 0.100. The molecule has 7 nitrogen and oxygen atoms in total. The van der Waals surface area contributed by atoms with E-state index in [1.165, 1.54) is 0 Å². The van der Waals surface area contributed by atoms with Gasteiger partial charge in [0.05, 0.1) is 17.7 Å². The molecule has 0 radical (unpaired) electrons. The van der Waals surface area contributed by atoms with Crippen LogP contribution in [0.15, 0.2) is 70.1 Å². The van der Waals surface area contributed by atoms with E-state index < -0.39 is 0 Å². The van der Waals surface area contributed by atoms with Crippen molar-refractivity contribution in [3.05, 3.63) is 72.8 Å². The third kappa shape index (κ3) is 2.89. The summed E-state index contributed by atoms with van der Waals surface area (Å²) < 4.78 is 12.3. The van der Waals surface area contributed by atoms with Crippen molar-refractivity contribution in [3.63, 3.8) is 0 Å². The summed E-state index contributed by atoms with van der Waals surface area (Å²) in [5, 5.41) is 9.53. The summed E-state index contributed by atoms with van der Waals surface area (Å²) in [6, 6.07) is 13.9. The average molecular weight is 357 g/mol. The molecule has 4 aromatic heterocycles. The molecule has 0 atom stereocenters. The van der Waals surface area contributed by atoms with E-state index in [0.29, 0.717) is 18.3 Å². The van der Waals surface area contributed by atoms with Crippen LogP contribution < -0.4 is 0 Å². The Morgan fingerprint density at radius 1 is 1.07 bits per heavy atom. The zero-order valence-electron chi connectivity index (χ0n) is 14.5. The lowest BCUT2D eigenvalue weighted by Gasteiger charge is -2.04. The second-order valence-corrected chi connectivity index (χ2v) is 6.20. The highest BCUT2D eigenvalue weighted by Crippen LogP contribution is 2.29. The Hall–Kier alpha value is -3.74. The SMILES string of the molecule is Cc1nc(Cn2ccc(-c3cccc(-c4nccc5occc45)c3)n2)no1. The first kappa shape index (κ1) is 15.5. The molecule has 0 aliphatic heterocycles. The quantitative estimate of drug-likeness (QED) is 0.482. The molecule has 132 valence electrons. The minimum absolute atomic E-state index is 0.465. The third-order valence-corrected chi connectivity index (χ3v) is 4.33. The van der Waals surface area contributed by atoms with Crippen LogP contribution in [0.2, 0.25) is 0 Å². The van der Waals surface area contributed by atoms with Crippen LogP contribution in [0.5, 0.6) is 0 Å². The lowest BCUT2D eigenvalue weighted by molar-refractivity contribution is 0.385. The van der Waals surface area contributed by atoms with Crippen molar-refractivity contribution in [2.45, 2.75) is 13.5 Å². The molecule has 0 spiro atoms. The molecule has 0 aliphatic rings. The van der Waals surface area contributed by atoms with E-state index >= 15 is 0 Å². The van der Waals surface area contributed by atoms with Crippen LogP contribution in [0.3, 0.4) is 0 Å². The molecule has 0 unspecified atom stereocenters. The lowest BCUT2D eigenvalue weighted by Crippen LogP contribution is -2.02. The smallest absolute Gasteiger partial charge is 0.223 e. The summed E-state index contributed by atoms with van der Waals surface area (Å²) in [5.41, 5.74) is 4.62. The fourth-order valence-corrected chi connectivity index (χ4v) is 3.10. The van der Waals surface area contributed by atoms with Crippen LogP contribution in [-0.4, -0.2) is 24.9 Å². The van der Waals surface area contributed by atoms with Gasteiger partial charge in [-0.05, 0) is 24.3 Å². The van der Waals surface area contributed by atoms with Crippen molar-refractivity contribution >= 4 is 11.0 Å². The molecular formula is C20H15N5O2. The molecule has 27 heavy (non-hydrogen) atoms. The zero-order chi connectivity index (χ0) is 18.2. The molecule has 4 heterocycles. The second-order valence-electron chi connectivity index (χ2n) is 6.20. The van der Waals surface area contributed by atoms with E-state index in [0.717, 1.165) is 33.5 Å². The monoisotopic (exact) mass is 357 g/mol. The van der Waals surface area contributed by atoms with E-state index in [9.17, 15) is 0 Å². The number of nitrogens with zero attached hydrogens (tertiary/aromatic N) is 5.